The predicted molar refractivity (Wildman–Crippen MR) is 152 cm³/mol. The Labute approximate surface area is 230 Å². The van der Waals surface area contributed by atoms with Crippen LogP contribution in [0.3, 0.4) is 0 Å². The summed E-state index contributed by atoms with van der Waals surface area (Å²) in [6.07, 6.45) is 3.81. The second-order valence-electron chi connectivity index (χ2n) is 11.0. The first-order valence-corrected chi connectivity index (χ1v) is 13.3. The summed E-state index contributed by atoms with van der Waals surface area (Å²) in [5, 5.41) is 9.10. The van der Waals surface area contributed by atoms with Crippen molar-refractivity contribution in [2.24, 2.45) is 11.3 Å². The minimum absolute atomic E-state index is 0.0846. The first kappa shape index (κ1) is 29.2. The van der Waals surface area contributed by atoms with Gasteiger partial charge in [0, 0.05) is 23.7 Å². The van der Waals surface area contributed by atoms with Crippen LogP contribution in [0.1, 0.15) is 79.7 Å². The molecular weight excluding hydrogens is 502 g/mol. The van der Waals surface area contributed by atoms with E-state index in [-0.39, 0.29) is 35.0 Å². The molecule has 3 amide bonds. The molecule has 38 heavy (non-hydrogen) atoms. The van der Waals surface area contributed by atoms with Crippen molar-refractivity contribution in [2.45, 2.75) is 66.0 Å². The second kappa shape index (κ2) is 12.5. The third-order valence-electron chi connectivity index (χ3n) is 6.87. The first-order valence-electron chi connectivity index (χ1n) is 12.9. The smallest absolute Gasteiger partial charge is 0.257 e. The second-order valence-corrected chi connectivity index (χ2v) is 11.4. The molecule has 1 aliphatic carbocycles. The molecule has 0 radical (unpaired) electrons. The normalized spacial score (nSPS) is 17.3. The molecule has 0 bridgehead atoms. The van der Waals surface area contributed by atoms with Crippen molar-refractivity contribution in [1.29, 1.82) is 0 Å². The van der Waals surface area contributed by atoms with Crippen LogP contribution in [0.5, 0.6) is 5.75 Å². The van der Waals surface area contributed by atoms with Crippen molar-refractivity contribution >= 4 is 35.0 Å². The van der Waals surface area contributed by atoms with Crippen molar-refractivity contribution in [2.75, 3.05) is 12.4 Å². The number of benzene rings is 2. The Kier molecular flexibility index (Phi) is 9.60. The molecular formula is C30H38ClN3O4. The Bertz CT molecular complexity index is 1210. The highest BCUT2D eigenvalue weighted by atomic mass is 35.5. The molecule has 0 unspecified atom stereocenters. The maximum Gasteiger partial charge on any atom is 0.257 e. The summed E-state index contributed by atoms with van der Waals surface area (Å²) in [5.41, 5.74) is 2.47. The van der Waals surface area contributed by atoms with Gasteiger partial charge in [-0.15, -0.1) is 0 Å². The van der Waals surface area contributed by atoms with E-state index < -0.39 is 11.3 Å². The topological polar surface area (TPSA) is 96.5 Å². The van der Waals surface area contributed by atoms with E-state index in [0.29, 0.717) is 22.9 Å². The van der Waals surface area contributed by atoms with Crippen LogP contribution in [0, 0.1) is 11.3 Å². The molecule has 1 saturated carbocycles. The van der Waals surface area contributed by atoms with E-state index in [2.05, 4.69) is 29.5 Å². The zero-order valence-corrected chi connectivity index (χ0v) is 23.6. The van der Waals surface area contributed by atoms with Gasteiger partial charge in [0.05, 0.1) is 23.3 Å². The van der Waals surface area contributed by atoms with Gasteiger partial charge in [-0.2, -0.15) is 0 Å². The maximum atomic E-state index is 13.1. The number of allylic oxidation sites excluding steroid dienone is 1. The van der Waals surface area contributed by atoms with Gasteiger partial charge in [-0.05, 0) is 74.4 Å². The number of anilines is 1. The number of rotatable bonds is 8. The molecule has 0 atom stereocenters. The van der Waals surface area contributed by atoms with Gasteiger partial charge in [0.1, 0.15) is 5.75 Å². The molecule has 1 aliphatic rings. The highest BCUT2D eigenvalue weighted by Gasteiger charge is 2.25. The van der Waals surface area contributed by atoms with Gasteiger partial charge in [0.25, 0.3) is 11.8 Å². The summed E-state index contributed by atoms with van der Waals surface area (Å²) in [5.74, 6) is 0.174. The number of amides is 3. The Morgan fingerprint density at radius 1 is 1.00 bits per heavy atom. The summed E-state index contributed by atoms with van der Waals surface area (Å²) in [4.78, 5) is 38.4. The molecule has 3 rings (SSSR count). The minimum Gasteiger partial charge on any atom is -0.496 e. The summed E-state index contributed by atoms with van der Waals surface area (Å²) < 4.78 is 5.41. The number of halogens is 1. The largest absolute Gasteiger partial charge is 0.496 e. The molecule has 2 aromatic rings. The van der Waals surface area contributed by atoms with Crippen molar-refractivity contribution in [3.63, 3.8) is 0 Å². The highest BCUT2D eigenvalue weighted by Crippen LogP contribution is 2.30. The maximum absolute atomic E-state index is 13.1. The zero-order chi connectivity index (χ0) is 28.0. The predicted octanol–water partition coefficient (Wildman–Crippen LogP) is 6.13. The van der Waals surface area contributed by atoms with Gasteiger partial charge in [0.15, 0.2) is 0 Å². The number of carbonyl (C=O) groups is 3. The molecule has 0 spiro atoms. The van der Waals surface area contributed by atoms with E-state index in [4.69, 9.17) is 16.3 Å². The monoisotopic (exact) mass is 539 g/mol. The SMILES string of the molecule is C=C(C)C1CCC(NC(=O)c2cc(NC(=O)c3cc(CNC(=O)C(C)(C)C)ccc3Cl)ccc2OC)CC1. The lowest BCUT2D eigenvalue weighted by atomic mass is 9.82. The third-order valence-corrected chi connectivity index (χ3v) is 7.20. The average Bonchev–Trinajstić information content (AvgIpc) is 2.87. The lowest BCUT2D eigenvalue weighted by molar-refractivity contribution is -0.128. The lowest BCUT2D eigenvalue weighted by Gasteiger charge is -2.29. The van der Waals surface area contributed by atoms with Gasteiger partial charge in [-0.25, -0.2) is 0 Å². The number of methoxy groups -OCH3 is 1. The first-order chi connectivity index (χ1) is 17.9. The number of hydrogen-bond donors (Lipinski definition) is 3. The van der Waals surface area contributed by atoms with Crippen LogP contribution in [0.2, 0.25) is 5.02 Å². The van der Waals surface area contributed by atoms with Crippen molar-refractivity contribution in [1.82, 2.24) is 10.6 Å². The number of carbonyl (C=O) groups excluding carboxylic acids is 3. The van der Waals surface area contributed by atoms with Crippen molar-refractivity contribution in [3.8, 4) is 5.75 Å². The van der Waals surface area contributed by atoms with Crippen LogP contribution in [0.25, 0.3) is 0 Å². The highest BCUT2D eigenvalue weighted by molar-refractivity contribution is 6.34. The Balaban J connectivity index is 1.71. The summed E-state index contributed by atoms with van der Waals surface area (Å²) in [6, 6.07) is 10.1. The molecule has 204 valence electrons. The van der Waals surface area contributed by atoms with E-state index >= 15 is 0 Å². The van der Waals surface area contributed by atoms with Gasteiger partial charge in [0.2, 0.25) is 5.91 Å². The lowest BCUT2D eigenvalue weighted by Crippen LogP contribution is -2.38. The minimum atomic E-state index is -0.519. The van der Waals surface area contributed by atoms with E-state index in [0.717, 1.165) is 31.2 Å². The molecule has 0 aliphatic heterocycles. The van der Waals surface area contributed by atoms with E-state index in [1.807, 2.05) is 20.8 Å². The van der Waals surface area contributed by atoms with E-state index in [1.54, 1.807) is 36.4 Å². The van der Waals surface area contributed by atoms with E-state index in [1.165, 1.54) is 12.7 Å². The Morgan fingerprint density at radius 3 is 2.29 bits per heavy atom. The molecule has 3 N–H and O–H groups in total. The summed E-state index contributed by atoms with van der Waals surface area (Å²) in [6.45, 7) is 11.9. The van der Waals surface area contributed by atoms with E-state index in [9.17, 15) is 14.4 Å². The average molecular weight is 540 g/mol. The van der Waals surface area contributed by atoms with Gasteiger partial charge in [-0.3, -0.25) is 14.4 Å². The Hall–Kier alpha value is -3.32. The number of ether oxygens (including phenoxy) is 1. The number of hydrogen-bond acceptors (Lipinski definition) is 4. The number of nitrogens with one attached hydrogen (secondary N) is 3. The zero-order valence-electron chi connectivity index (χ0n) is 22.9. The van der Waals surface area contributed by atoms with Crippen molar-refractivity contribution in [3.05, 3.63) is 70.3 Å². The molecule has 0 aromatic heterocycles. The standard InChI is InChI=1S/C30H38ClN3O4/c1-18(2)20-8-10-21(11-9-20)33-28(36)24-16-22(12-14-26(24)38-6)34-27(35)23-15-19(7-13-25(23)31)17-32-29(37)30(3,4)5/h7,12-16,20-21H,1,8-11,17H2,2-6H3,(H,32,37)(H,33,36)(H,34,35). The quantitative estimate of drug-likeness (QED) is 0.352. The summed E-state index contributed by atoms with van der Waals surface area (Å²) in [7, 11) is 1.51. The van der Waals surface area contributed by atoms with Crippen LogP contribution in [0.4, 0.5) is 5.69 Å². The van der Waals surface area contributed by atoms with Gasteiger partial charge >= 0.3 is 0 Å². The molecule has 0 saturated heterocycles. The fraction of sp³-hybridized carbons (Fsp3) is 0.433. The molecule has 1 fully saturated rings. The van der Waals surface area contributed by atoms with Crippen LogP contribution in [0.15, 0.2) is 48.6 Å². The van der Waals surface area contributed by atoms with Gasteiger partial charge < -0.3 is 20.7 Å². The van der Waals surface area contributed by atoms with Gasteiger partial charge in [-0.1, -0.05) is 50.6 Å². The molecule has 0 heterocycles. The fourth-order valence-corrected chi connectivity index (χ4v) is 4.66. The molecule has 8 heteroatoms. The Morgan fingerprint density at radius 2 is 1.68 bits per heavy atom. The van der Waals surface area contributed by atoms with Crippen LogP contribution >= 0.6 is 11.6 Å². The third kappa shape index (κ3) is 7.60. The fourth-order valence-electron chi connectivity index (χ4n) is 4.46. The van der Waals surface area contributed by atoms with Crippen LogP contribution in [-0.2, 0) is 11.3 Å². The molecule has 2 aromatic carbocycles. The van der Waals surface area contributed by atoms with Crippen LogP contribution < -0.4 is 20.7 Å². The molecule has 7 nitrogen and oxygen atoms in total. The van der Waals surface area contributed by atoms with Crippen molar-refractivity contribution < 1.29 is 19.1 Å². The summed E-state index contributed by atoms with van der Waals surface area (Å²) >= 11 is 6.32. The van der Waals surface area contributed by atoms with Crippen LogP contribution in [-0.4, -0.2) is 30.9 Å².